The molecule has 2 unspecified atom stereocenters. The Balaban J connectivity index is 3.37. The molecule has 0 fully saturated rings. The number of aliphatic hydroxyl groups is 2. The van der Waals surface area contributed by atoms with E-state index in [0.29, 0.717) is 25.9 Å². The lowest BCUT2D eigenvalue weighted by molar-refractivity contribution is -0.143. The number of ether oxygens (including phenoxy) is 1. The number of amides is 1. The predicted molar refractivity (Wildman–Crippen MR) is 315 cm³/mol. The van der Waals surface area contributed by atoms with Crippen LogP contribution in [0.1, 0.15) is 373 Å². The van der Waals surface area contributed by atoms with Crippen molar-refractivity contribution in [2.24, 2.45) is 0 Å². The molecule has 0 saturated heterocycles. The Hall–Kier alpha value is -1.40. The van der Waals surface area contributed by atoms with E-state index in [2.05, 4.69) is 31.3 Å². The molecule has 0 aromatic heterocycles. The van der Waals surface area contributed by atoms with Crippen molar-refractivity contribution in [3.8, 4) is 0 Å². The molecule has 72 heavy (non-hydrogen) atoms. The Labute approximate surface area is 450 Å². The summed E-state index contributed by atoms with van der Waals surface area (Å²) in [6.07, 6.45) is 75.2. The molecule has 0 rings (SSSR count). The third-order valence-corrected chi connectivity index (χ3v) is 15.6. The van der Waals surface area contributed by atoms with Gasteiger partial charge in [-0.2, -0.15) is 0 Å². The highest BCUT2D eigenvalue weighted by Crippen LogP contribution is 2.19. The minimum absolute atomic E-state index is 0.00605. The number of esters is 1. The molecule has 6 heteroatoms. The lowest BCUT2D eigenvalue weighted by Crippen LogP contribution is -2.45. The second-order valence-electron chi connectivity index (χ2n) is 22.8. The lowest BCUT2D eigenvalue weighted by atomic mass is 10.0. The van der Waals surface area contributed by atoms with Crippen molar-refractivity contribution >= 4 is 11.9 Å². The van der Waals surface area contributed by atoms with Gasteiger partial charge in [0, 0.05) is 12.8 Å². The standard InChI is InChI=1S/C66H129NO5/c1-3-5-7-9-11-13-15-17-18-19-25-28-31-35-38-42-46-50-54-58-64(69)63(62-68)67-65(70)59-55-51-47-43-39-36-32-29-26-23-21-20-22-24-27-30-33-37-41-45-49-53-57-61-72-66(71)60-56-52-48-44-40-34-16-14-12-10-8-6-4-2/h14,16,63-64,68-69H,3-13,15,17-62H2,1-2H3,(H,67,70)/b16-14-. The van der Waals surface area contributed by atoms with Crippen LogP contribution >= 0.6 is 0 Å². The molecule has 0 aromatic carbocycles. The van der Waals surface area contributed by atoms with Gasteiger partial charge in [0.2, 0.25) is 5.91 Å². The number of rotatable bonds is 62. The smallest absolute Gasteiger partial charge is 0.305 e. The van der Waals surface area contributed by atoms with Crippen LogP contribution in [0.25, 0.3) is 0 Å². The fraction of sp³-hybridized carbons (Fsp3) is 0.939. The molecule has 0 radical (unpaired) electrons. The highest BCUT2D eigenvalue weighted by atomic mass is 16.5. The van der Waals surface area contributed by atoms with Crippen LogP contribution in [0.4, 0.5) is 0 Å². The summed E-state index contributed by atoms with van der Waals surface area (Å²) in [6, 6.07) is -0.541. The van der Waals surface area contributed by atoms with Gasteiger partial charge >= 0.3 is 5.97 Å². The first kappa shape index (κ1) is 70.6. The molecular weight excluding hydrogens is 887 g/mol. The van der Waals surface area contributed by atoms with Crippen LogP contribution in [-0.4, -0.2) is 47.4 Å². The number of hydrogen-bond acceptors (Lipinski definition) is 5. The number of carbonyl (C=O) groups is 2. The summed E-state index contributed by atoms with van der Waals surface area (Å²) in [5.74, 6) is -0.0244. The molecule has 6 nitrogen and oxygen atoms in total. The van der Waals surface area contributed by atoms with Crippen molar-refractivity contribution in [2.45, 2.75) is 386 Å². The number of carbonyl (C=O) groups excluding carboxylic acids is 2. The van der Waals surface area contributed by atoms with Gasteiger partial charge in [-0.3, -0.25) is 9.59 Å². The maximum atomic E-state index is 12.5. The molecule has 428 valence electrons. The Kier molecular flexibility index (Phi) is 60.9. The summed E-state index contributed by atoms with van der Waals surface area (Å²) >= 11 is 0. The molecule has 3 N–H and O–H groups in total. The van der Waals surface area contributed by atoms with Gasteiger partial charge in [0.05, 0.1) is 25.4 Å². The van der Waals surface area contributed by atoms with Crippen LogP contribution in [0.2, 0.25) is 0 Å². The third kappa shape index (κ3) is 57.9. The van der Waals surface area contributed by atoms with Gasteiger partial charge in [0.25, 0.3) is 0 Å². The van der Waals surface area contributed by atoms with E-state index in [9.17, 15) is 19.8 Å². The van der Waals surface area contributed by atoms with Crippen LogP contribution in [0.5, 0.6) is 0 Å². The summed E-state index contributed by atoms with van der Waals surface area (Å²) in [5, 5.41) is 23.4. The first-order chi connectivity index (χ1) is 35.5. The van der Waals surface area contributed by atoms with Gasteiger partial charge in [-0.05, 0) is 51.4 Å². The van der Waals surface area contributed by atoms with Crippen molar-refractivity contribution in [3.63, 3.8) is 0 Å². The Morgan fingerprint density at radius 3 is 1.00 bits per heavy atom. The van der Waals surface area contributed by atoms with E-state index < -0.39 is 12.1 Å². The summed E-state index contributed by atoms with van der Waals surface area (Å²) in [7, 11) is 0. The molecule has 0 spiro atoms. The van der Waals surface area contributed by atoms with Crippen molar-refractivity contribution in [2.75, 3.05) is 13.2 Å². The maximum Gasteiger partial charge on any atom is 0.305 e. The molecule has 0 saturated carbocycles. The van der Waals surface area contributed by atoms with E-state index in [1.54, 1.807) is 0 Å². The van der Waals surface area contributed by atoms with Crippen LogP contribution in [0, 0.1) is 0 Å². The molecule has 0 aliphatic carbocycles. The van der Waals surface area contributed by atoms with Crippen molar-refractivity contribution in [1.82, 2.24) is 5.32 Å². The zero-order valence-electron chi connectivity index (χ0n) is 48.9. The van der Waals surface area contributed by atoms with Gasteiger partial charge in [-0.15, -0.1) is 0 Å². The molecule has 0 bridgehead atoms. The summed E-state index contributed by atoms with van der Waals surface area (Å²) in [6.45, 7) is 4.97. The number of aliphatic hydroxyl groups excluding tert-OH is 2. The second-order valence-corrected chi connectivity index (χ2v) is 22.8. The SMILES string of the molecule is CCCCCC/C=C\CCCCCCCC(=O)OCCCCCCCCCCCCCCCCCCCCCCCCCC(=O)NC(CO)C(O)CCCCCCCCCCCCCCCCCCCCC. The molecular formula is C66H129NO5. The van der Waals surface area contributed by atoms with Crippen LogP contribution in [-0.2, 0) is 14.3 Å². The van der Waals surface area contributed by atoms with Crippen molar-refractivity contribution in [1.29, 1.82) is 0 Å². The van der Waals surface area contributed by atoms with E-state index in [1.807, 2.05) is 0 Å². The van der Waals surface area contributed by atoms with Gasteiger partial charge in [0.15, 0.2) is 0 Å². The predicted octanol–water partition coefficient (Wildman–Crippen LogP) is 20.8. The largest absolute Gasteiger partial charge is 0.466 e. The van der Waals surface area contributed by atoms with Gasteiger partial charge in [0.1, 0.15) is 0 Å². The van der Waals surface area contributed by atoms with Gasteiger partial charge in [-0.25, -0.2) is 0 Å². The molecule has 0 aliphatic rings. The van der Waals surface area contributed by atoms with Crippen LogP contribution in [0.3, 0.4) is 0 Å². The first-order valence-corrected chi connectivity index (χ1v) is 32.9. The fourth-order valence-corrected chi connectivity index (χ4v) is 10.5. The average molecular weight is 1020 g/mol. The normalized spacial score (nSPS) is 12.6. The third-order valence-electron chi connectivity index (χ3n) is 15.6. The highest BCUT2D eigenvalue weighted by molar-refractivity contribution is 5.76. The van der Waals surface area contributed by atoms with E-state index in [0.717, 1.165) is 44.9 Å². The van der Waals surface area contributed by atoms with Gasteiger partial charge in [-0.1, -0.05) is 321 Å². The van der Waals surface area contributed by atoms with Gasteiger partial charge < -0.3 is 20.3 Å². The number of hydrogen-bond donors (Lipinski definition) is 3. The average Bonchev–Trinajstić information content (AvgIpc) is 3.38. The van der Waals surface area contributed by atoms with Crippen LogP contribution in [0.15, 0.2) is 12.2 Å². The van der Waals surface area contributed by atoms with Crippen molar-refractivity contribution in [3.05, 3.63) is 12.2 Å². The minimum Gasteiger partial charge on any atom is -0.466 e. The van der Waals surface area contributed by atoms with Crippen molar-refractivity contribution < 1.29 is 24.5 Å². The quantitative estimate of drug-likeness (QED) is 0.0320. The van der Waals surface area contributed by atoms with E-state index in [-0.39, 0.29) is 18.5 Å². The summed E-state index contributed by atoms with van der Waals surface area (Å²) in [5.41, 5.74) is 0. The summed E-state index contributed by atoms with van der Waals surface area (Å²) in [4.78, 5) is 24.6. The Bertz CT molecular complexity index is 1080. The Morgan fingerprint density at radius 1 is 0.375 bits per heavy atom. The lowest BCUT2D eigenvalue weighted by Gasteiger charge is -2.22. The molecule has 0 heterocycles. The number of nitrogens with one attached hydrogen (secondary N) is 1. The zero-order chi connectivity index (χ0) is 52.2. The number of unbranched alkanes of at least 4 members (excludes halogenated alkanes) is 49. The summed E-state index contributed by atoms with van der Waals surface area (Å²) < 4.78 is 5.48. The maximum absolute atomic E-state index is 12.5. The zero-order valence-corrected chi connectivity index (χ0v) is 48.9. The van der Waals surface area contributed by atoms with Crippen LogP contribution < -0.4 is 5.32 Å². The highest BCUT2D eigenvalue weighted by Gasteiger charge is 2.20. The fourth-order valence-electron chi connectivity index (χ4n) is 10.5. The second kappa shape index (κ2) is 62.1. The molecule has 1 amide bonds. The Morgan fingerprint density at radius 2 is 0.653 bits per heavy atom. The topological polar surface area (TPSA) is 95.9 Å². The first-order valence-electron chi connectivity index (χ1n) is 32.9. The molecule has 0 aromatic rings. The molecule has 2 atom stereocenters. The number of allylic oxidation sites excluding steroid dienone is 2. The van der Waals surface area contributed by atoms with E-state index >= 15 is 0 Å². The minimum atomic E-state index is -0.664. The van der Waals surface area contributed by atoms with E-state index in [4.69, 9.17) is 4.74 Å². The monoisotopic (exact) mass is 1020 g/mol. The van der Waals surface area contributed by atoms with E-state index in [1.165, 1.54) is 295 Å². The molecule has 0 aliphatic heterocycles.